The van der Waals surface area contributed by atoms with Gasteiger partial charge in [-0.05, 0) is 31.4 Å². The Hall–Kier alpha value is -1.27. The van der Waals surface area contributed by atoms with Crippen molar-refractivity contribution in [2.45, 2.75) is 68.6 Å². The minimum Gasteiger partial charge on any atom is -0.468 e. The zero-order valence-corrected chi connectivity index (χ0v) is 15.6. The number of rotatable bonds is 7. The first kappa shape index (κ1) is 18.5. The Morgan fingerprint density at radius 3 is 2.80 bits per heavy atom. The molecule has 5 nitrogen and oxygen atoms in total. The molecule has 138 valence electrons. The van der Waals surface area contributed by atoms with Gasteiger partial charge in [-0.1, -0.05) is 32.1 Å². The zero-order valence-electron chi connectivity index (χ0n) is 14.7. The molecule has 2 aliphatic rings. The van der Waals surface area contributed by atoms with Gasteiger partial charge in [-0.3, -0.25) is 9.59 Å². The van der Waals surface area contributed by atoms with Gasteiger partial charge in [-0.15, -0.1) is 11.8 Å². The van der Waals surface area contributed by atoms with Gasteiger partial charge in [-0.2, -0.15) is 0 Å². The van der Waals surface area contributed by atoms with Crippen molar-refractivity contribution in [1.29, 1.82) is 0 Å². The second-order valence-corrected chi connectivity index (χ2v) is 8.28. The molecule has 3 rings (SSSR count). The van der Waals surface area contributed by atoms with E-state index in [9.17, 15) is 9.59 Å². The maximum absolute atomic E-state index is 12.9. The molecule has 2 heterocycles. The second-order valence-electron chi connectivity index (χ2n) is 7.09. The average molecular weight is 365 g/mol. The fraction of sp³-hybridized carbons (Fsp3) is 0.684. The summed E-state index contributed by atoms with van der Waals surface area (Å²) < 4.78 is 10.7. The molecule has 1 aliphatic heterocycles. The number of amides is 1. The van der Waals surface area contributed by atoms with Crippen molar-refractivity contribution in [1.82, 2.24) is 5.32 Å². The van der Waals surface area contributed by atoms with Crippen LogP contribution in [0.1, 0.15) is 51.2 Å². The molecule has 0 spiro atoms. The van der Waals surface area contributed by atoms with Crippen LogP contribution in [0.2, 0.25) is 0 Å². The number of carbonyl (C=O) groups is 2. The number of carbonyl (C=O) groups excluding carboxylic acids is 2. The Kier molecular flexibility index (Phi) is 6.59. The van der Waals surface area contributed by atoms with Crippen molar-refractivity contribution >= 4 is 23.5 Å². The number of ketones is 1. The fourth-order valence-electron chi connectivity index (χ4n) is 3.66. The van der Waals surface area contributed by atoms with E-state index in [2.05, 4.69) is 5.32 Å². The van der Waals surface area contributed by atoms with Crippen LogP contribution in [-0.2, 0) is 20.1 Å². The number of Topliss-reactive ketones (excluding diaryl/α,β-unsaturated/α-hetero) is 1. The first-order chi connectivity index (χ1) is 12.1. The molecule has 1 aromatic rings. The summed E-state index contributed by atoms with van der Waals surface area (Å²) in [5.41, 5.74) is 0. The normalized spacial score (nSPS) is 25.9. The summed E-state index contributed by atoms with van der Waals surface area (Å²) in [5, 5.41) is 2.77. The number of nitrogens with one attached hydrogen (secondary N) is 1. The van der Waals surface area contributed by atoms with Crippen LogP contribution in [0.15, 0.2) is 22.8 Å². The van der Waals surface area contributed by atoms with Crippen LogP contribution < -0.4 is 5.32 Å². The molecule has 0 aromatic carbocycles. The maximum atomic E-state index is 12.9. The van der Waals surface area contributed by atoms with Crippen molar-refractivity contribution in [3.8, 4) is 0 Å². The lowest BCUT2D eigenvalue weighted by atomic mass is 9.86. The standard InChI is InChI=1S/C19H27NO4S/c1-13-18(16(21)11-24-13)20-19(22)17(10-14-6-3-2-4-7-14)25-12-15-8-5-9-23-15/h5,8-9,13-14,17-18H,2-4,6-7,10-12H2,1H3,(H,20,22)/t13-,17-,18?/m0/s1. The first-order valence-electron chi connectivity index (χ1n) is 9.22. The summed E-state index contributed by atoms with van der Waals surface area (Å²) in [6.07, 6.45) is 8.50. The number of thioether (sulfide) groups is 1. The van der Waals surface area contributed by atoms with Crippen molar-refractivity contribution in [3.05, 3.63) is 24.2 Å². The van der Waals surface area contributed by atoms with E-state index in [0.29, 0.717) is 11.7 Å². The van der Waals surface area contributed by atoms with Crippen molar-refractivity contribution < 1.29 is 18.7 Å². The van der Waals surface area contributed by atoms with E-state index in [1.807, 2.05) is 19.1 Å². The lowest BCUT2D eigenvalue weighted by Crippen LogP contribution is -2.47. The van der Waals surface area contributed by atoms with Gasteiger partial charge in [0.25, 0.3) is 0 Å². The molecule has 1 aromatic heterocycles. The molecule has 2 fully saturated rings. The topological polar surface area (TPSA) is 68.5 Å². The Bertz CT molecular complexity index is 568. The SMILES string of the molecule is C[C@@H]1OCC(=O)C1NC(=O)[C@H](CC1CCCCC1)SCc1ccco1. The lowest BCUT2D eigenvalue weighted by molar-refractivity contribution is -0.126. The monoisotopic (exact) mass is 365 g/mol. The Balaban J connectivity index is 1.61. The van der Waals surface area contributed by atoms with Crippen LogP contribution >= 0.6 is 11.8 Å². The average Bonchev–Trinajstić information content (AvgIpc) is 3.24. The van der Waals surface area contributed by atoms with E-state index in [1.165, 1.54) is 32.1 Å². The number of furan rings is 1. The Morgan fingerprint density at radius 2 is 2.16 bits per heavy atom. The van der Waals surface area contributed by atoms with Gasteiger partial charge < -0.3 is 14.5 Å². The van der Waals surface area contributed by atoms with Crippen LogP contribution in [0, 0.1) is 5.92 Å². The van der Waals surface area contributed by atoms with E-state index in [-0.39, 0.29) is 29.7 Å². The highest BCUT2D eigenvalue weighted by Crippen LogP contribution is 2.32. The molecular formula is C19H27NO4S. The third kappa shape index (κ3) is 5.11. The van der Waals surface area contributed by atoms with Crippen LogP contribution in [0.25, 0.3) is 0 Å². The summed E-state index contributed by atoms with van der Waals surface area (Å²) in [7, 11) is 0. The van der Waals surface area contributed by atoms with Gasteiger partial charge in [-0.25, -0.2) is 0 Å². The van der Waals surface area contributed by atoms with Crippen molar-refractivity contribution in [2.24, 2.45) is 5.92 Å². The van der Waals surface area contributed by atoms with Gasteiger partial charge >= 0.3 is 0 Å². The zero-order chi connectivity index (χ0) is 17.6. The van der Waals surface area contributed by atoms with Gasteiger partial charge in [0.2, 0.25) is 5.91 Å². The van der Waals surface area contributed by atoms with E-state index >= 15 is 0 Å². The molecular weight excluding hydrogens is 338 g/mol. The summed E-state index contributed by atoms with van der Waals surface area (Å²) >= 11 is 1.61. The molecule has 6 heteroatoms. The molecule has 1 unspecified atom stereocenters. The van der Waals surface area contributed by atoms with Crippen LogP contribution in [-0.4, -0.2) is 35.7 Å². The van der Waals surface area contributed by atoms with Crippen LogP contribution in [0.3, 0.4) is 0 Å². The van der Waals surface area contributed by atoms with Crippen molar-refractivity contribution in [2.75, 3.05) is 6.61 Å². The maximum Gasteiger partial charge on any atom is 0.233 e. The first-order valence-corrected chi connectivity index (χ1v) is 10.3. The predicted octanol–water partition coefficient (Wildman–Crippen LogP) is 3.32. The quantitative estimate of drug-likeness (QED) is 0.803. The molecule has 1 saturated heterocycles. The molecule has 1 N–H and O–H groups in total. The third-order valence-corrected chi connectivity index (χ3v) is 6.43. The third-order valence-electron chi connectivity index (χ3n) is 5.17. The van der Waals surface area contributed by atoms with Crippen LogP contribution in [0.4, 0.5) is 0 Å². The second kappa shape index (κ2) is 8.90. The minimum atomic E-state index is -0.509. The van der Waals surface area contributed by atoms with E-state index in [4.69, 9.17) is 9.15 Å². The molecule has 0 radical (unpaired) electrons. The summed E-state index contributed by atoms with van der Waals surface area (Å²) in [4.78, 5) is 24.8. The molecule has 0 bridgehead atoms. The molecule has 1 aliphatic carbocycles. The Morgan fingerprint density at radius 1 is 1.36 bits per heavy atom. The number of hydrogen-bond donors (Lipinski definition) is 1. The molecule has 1 saturated carbocycles. The fourth-order valence-corrected chi connectivity index (χ4v) is 4.82. The van der Waals surface area contributed by atoms with Crippen LogP contribution in [0.5, 0.6) is 0 Å². The van der Waals surface area contributed by atoms with Gasteiger partial charge in [0.15, 0.2) is 5.78 Å². The van der Waals surface area contributed by atoms with Gasteiger partial charge in [0.05, 0.1) is 23.4 Å². The summed E-state index contributed by atoms with van der Waals surface area (Å²) in [5.74, 6) is 2.07. The van der Waals surface area contributed by atoms with E-state index in [1.54, 1.807) is 18.0 Å². The summed E-state index contributed by atoms with van der Waals surface area (Å²) in [6, 6.07) is 3.28. The highest BCUT2D eigenvalue weighted by Gasteiger charge is 2.36. The number of hydrogen-bond acceptors (Lipinski definition) is 5. The minimum absolute atomic E-state index is 0.0340. The predicted molar refractivity (Wildman–Crippen MR) is 97.3 cm³/mol. The van der Waals surface area contributed by atoms with Crippen molar-refractivity contribution in [3.63, 3.8) is 0 Å². The summed E-state index contributed by atoms with van der Waals surface area (Å²) in [6.45, 7) is 1.93. The lowest BCUT2D eigenvalue weighted by Gasteiger charge is -2.26. The highest BCUT2D eigenvalue weighted by molar-refractivity contribution is 7.99. The van der Waals surface area contributed by atoms with E-state index < -0.39 is 6.04 Å². The molecule has 1 amide bonds. The molecule has 25 heavy (non-hydrogen) atoms. The molecule has 3 atom stereocenters. The van der Waals surface area contributed by atoms with Gasteiger partial charge in [0.1, 0.15) is 18.4 Å². The largest absolute Gasteiger partial charge is 0.468 e. The van der Waals surface area contributed by atoms with E-state index in [0.717, 1.165) is 12.2 Å². The number of ether oxygens (including phenoxy) is 1. The smallest absolute Gasteiger partial charge is 0.233 e. The van der Waals surface area contributed by atoms with Gasteiger partial charge in [0, 0.05) is 0 Å². The Labute approximate surface area is 153 Å². The highest BCUT2D eigenvalue weighted by atomic mass is 32.2.